The highest BCUT2D eigenvalue weighted by atomic mass is 79.9. The van der Waals surface area contributed by atoms with Crippen molar-refractivity contribution in [3.8, 4) is 0 Å². The van der Waals surface area contributed by atoms with E-state index in [1.54, 1.807) is 0 Å². The van der Waals surface area contributed by atoms with Crippen LogP contribution >= 0.6 is 27.3 Å². The Morgan fingerprint density at radius 2 is 2.18 bits per heavy atom. The van der Waals surface area contributed by atoms with Gasteiger partial charge < -0.3 is 10.1 Å². The smallest absolute Gasteiger partial charge is 0.0641 e. The number of rotatable bonds is 3. The highest BCUT2D eigenvalue weighted by Gasteiger charge is 2.43. The van der Waals surface area contributed by atoms with Crippen LogP contribution in [0.15, 0.2) is 15.9 Å². The molecule has 3 nitrogen and oxygen atoms in total. The molecule has 5 heteroatoms. The van der Waals surface area contributed by atoms with E-state index in [4.69, 9.17) is 4.74 Å². The predicted molar refractivity (Wildman–Crippen MR) is 73.8 cm³/mol. The maximum Gasteiger partial charge on any atom is 0.0641 e. The third-order valence-corrected chi connectivity index (χ3v) is 5.52. The molecule has 1 aromatic heterocycles. The van der Waals surface area contributed by atoms with E-state index in [0.29, 0.717) is 0 Å². The summed E-state index contributed by atoms with van der Waals surface area (Å²) in [5.41, 5.74) is 0.258. The summed E-state index contributed by atoms with van der Waals surface area (Å²) in [6.45, 7) is 7.45. The molecular weight excluding hydrogens is 300 g/mol. The van der Waals surface area contributed by atoms with E-state index in [1.165, 1.54) is 9.35 Å². The normalized spacial score (nSPS) is 24.5. The zero-order valence-electron chi connectivity index (χ0n) is 9.75. The molecule has 3 heterocycles. The van der Waals surface area contributed by atoms with Crippen molar-refractivity contribution in [3.05, 3.63) is 20.8 Å². The molecule has 1 N–H and O–H groups in total. The fraction of sp³-hybridized carbons (Fsp3) is 0.667. The van der Waals surface area contributed by atoms with Gasteiger partial charge in [0.15, 0.2) is 0 Å². The maximum atomic E-state index is 5.49. The van der Waals surface area contributed by atoms with Gasteiger partial charge >= 0.3 is 0 Å². The van der Waals surface area contributed by atoms with Gasteiger partial charge in [0.25, 0.3) is 0 Å². The molecule has 2 aliphatic rings. The van der Waals surface area contributed by atoms with Gasteiger partial charge in [-0.05, 0) is 22.0 Å². The second kappa shape index (κ2) is 4.97. The molecule has 0 atom stereocenters. The Morgan fingerprint density at radius 1 is 1.41 bits per heavy atom. The monoisotopic (exact) mass is 316 g/mol. The van der Waals surface area contributed by atoms with Gasteiger partial charge in [0.05, 0.1) is 18.6 Å². The standard InChI is InChI=1S/C12H17BrN2OS/c13-10-5-11(17-6-10)12(8-16-9-12)7-15-3-1-14-2-4-15/h5-6,14H,1-4,7-9H2. The third kappa shape index (κ3) is 2.44. The summed E-state index contributed by atoms with van der Waals surface area (Å²) in [6, 6.07) is 2.26. The number of nitrogens with zero attached hydrogens (tertiary/aromatic N) is 1. The van der Waals surface area contributed by atoms with Gasteiger partial charge in [-0.1, -0.05) is 0 Å². The number of halogens is 1. The molecule has 3 rings (SSSR count). The lowest BCUT2D eigenvalue weighted by atomic mass is 9.83. The SMILES string of the molecule is Brc1csc(C2(CN3CCNCC3)COC2)c1. The van der Waals surface area contributed by atoms with Crippen molar-refractivity contribution < 1.29 is 4.74 Å². The first-order chi connectivity index (χ1) is 8.28. The van der Waals surface area contributed by atoms with Crippen molar-refractivity contribution in [2.45, 2.75) is 5.41 Å². The molecular formula is C12H17BrN2OS. The Morgan fingerprint density at radius 3 is 2.71 bits per heavy atom. The van der Waals surface area contributed by atoms with Crippen LogP contribution in [0.25, 0.3) is 0 Å². The van der Waals surface area contributed by atoms with Crippen molar-refractivity contribution in [3.63, 3.8) is 0 Å². The first-order valence-electron chi connectivity index (χ1n) is 6.04. The summed E-state index contributed by atoms with van der Waals surface area (Å²) in [4.78, 5) is 4.03. The second-order valence-corrected chi connectivity index (χ2v) is 6.76. The van der Waals surface area contributed by atoms with Crippen molar-refractivity contribution in [1.29, 1.82) is 0 Å². The van der Waals surface area contributed by atoms with Crippen molar-refractivity contribution in [2.24, 2.45) is 0 Å². The van der Waals surface area contributed by atoms with Crippen LogP contribution in [0.1, 0.15) is 4.88 Å². The molecule has 0 unspecified atom stereocenters. The second-order valence-electron chi connectivity index (χ2n) is 4.93. The number of thiophene rings is 1. The van der Waals surface area contributed by atoms with Crippen LogP contribution < -0.4 is 5.32 Å². The van der Waals surface area contributed by atoms with Gasteiger partial charge in [-0.2, -0.15) is 0 Å². The van der Waals surface area contributed by atoms with E-state index in [2.05, 4.69) is 37.6 Å². The van der Waals surface area contributed by atoms with Gasteiger partial charge in [-0.3, -0.25) is 4.90 Å². The van der Waals surface area contributed by atoms with Crippen LogP contribution in [0.3, 0.4) is 0 Å². The third-order valence-electron chi connectivity index (χ3n) is 3.58. The van der Waals surface area contributed by atoms with E-state index in [0.717, 1.165) is 45.9 Å². The Kier molecular flexibility index (Phi) is 3.54. The van der Waals surface area contributed by atoms with Gasteiger partial charge in [-0.25, -0.2) is 0 Å². The quantitative estimate of drug-likeness (QED) is 0.918. The Balaban J connectivity index is 1.73. The summed E-state index contributed by atoms with van der Waals surface area (Å²) >= 11 is 5.40. The molecule has 1 aromatic rings. The van der Waals surface area contributed by atoms with Crippen molar-refractivity contribution >= 4 is 27.3 Å². The molecule has 94 valence electrons. The number of hydrogen-bond donors (Lipinski definition) is 1. The van der Waals surface area contributed by atoms with Gasteiger partial charge in [0, 0.05) is 47.5 Å². The Bertz CT molecular complexity index is 386. The summed E-state index contributed by atoms with van der Waals surface area (Å²) < 4.78 is 6.69. The Hall–Kier alpha value is 0.0600. The van der Waals surface area contributed by atoms with E-state index in [9.17, 15) is 0 Å². The van der Waals surface area contributed by atoms with Crippen molar-refractivity contribution in [2.75, 3.05) is 45.9 Å². The fourth-order valence-electron chi connectivity index (χ4n) is 2.55. The molecule has 0 bridgehead atoms. The first kappa shape index (κ1) is 12.1. The van der Waals surface area contributed by atoms with Gasteiger partial charge in [0.2, 0.25) is 0 Å². The van der Waals surface area contributed by atoms with Crippen molar-refractivity contribution in [1.82, 2.24) is 10.2 Å². The molecule has 0 spiro atoms. The average molecular weight is 317 g/mol. The lowest BCUT2D eigenvalue weighted by molar-refractivity contribution is -0.0738. The van der Waals surface area contributed by atoms with Crippen LogP contribution in [0.5, 0.6) is 0 Å². The summed E-state index contributed by atoms with van der Waals surface area (Å²) in [6.07, 6.45) is 0. The number of hydrogen-bond acceptors (Lipinski definition) is 4. The molecule has 0 radical (unpaired) electrons. The lowest BCUT2D eigenvalue weighted by Crippen LogP contribution is -2.57. The van der Waals surface area contributed by atoms with E-state index in [1.807, 2.05) is 11.3 Å². The Labute approximate surface area is 114 Å². The lowest BCUT2D eigenvalue weighted by Gasteiger charge is -2.45. The molecule has 0 saturated carbocycles. The highest BCUT2D eigenvalue weighted by Crippen LogP contribution is 2.38. The van der Waals surface area contributed by atoms with E-state index < -0.39 is 0 Å². The van der Waals surface area contributed by atoms with Crippen LogP contribution in [-0.4, -0.2) is 50.8 Å². The van der Waals surface area contributed by atoms with E-state index in [-0.39, 0.29) is 5.41 Å². The zero-order chi connectivity index (χ0) is 11.7. The molecule has 2 aliphatic heterocycles. The maximum absolute atomic E-state index is 5.49. The molecule has 2 saturated heterocycles. The average Bonchev–Trinajstić information content (AvgIpc) is 2.72. The van der Waals surface area contributed by atoms with Crippen LogP contribution in [0.4, 0.5) is 0 Å². The summed E-state index contributed by atoms with van der Waals surface area (Å²) in [5.74, 6) is 0. The topological polar surface area (TPSA) is 24.5 Å². The minimum absolute atomic E-state index is 0.258. The summed E-state index contributed by atoms with van der Waals surface area (Å²) in [5, 5.41) is 5.58. The predicted octanol–water partition coefficient (Wildman–Crippen LogP) is 1.68. The molecule has 0 aliphatic carbocycles. The van der Waals surface area contributed by atoms with E-state index >= 15 is 0 Å². The number of ether oxygens (including phenoxy) is 1. The minimum Gasteiger partial charge on any atom is -0.379 e. The number of piperazine rings is 1. The first-order valence-corrected chi connectivity index (χ1v) is 7.71. The molecule has 17 heavy (non-hydrogen) atoms. The van der Waals surface area contributed by atoms with Gasteiger partial charge in [0.1, 0.15) is 0 Å². The molecule has 0 amide bonds. The fourth-order valence-corrected chi connectivity index (χ4v) is 4.14. The highest BCUT2D eigenvalue weighted by molar-refractivity contribution is 9.10. The molecule has 2 fully saturated rings. The molecule has 0 aromatic carbocycles. The zero-order valence-corrected chi connectivity index (χ0v) is 12.1. The van der Waals surface area contributed by atoms with Crippen LogP contribution in [-0.2, 0) is 10.2 Å². The largest absolute Gasteiger partial charge is 0.379 e. The summed E-state index contributed by atoms with van der Waals surface area (Å²) in [7, 11) is 0. The van der Waals surface area contributed by atoms with Crippen LogP contribution in [0, 0.1) is 0 Å². The van der Waals surface area contributed by atoms with Gasteiger partial charge in [-0.15, -0.1) is 11.3 Å². The number of nitrogens with one attached hydrogen (secondary N) is 1. The van der Waals surface area contributed by atoms with Crippen LogP contribution in [0.2, 0.25) is 0 Å². The minimum atomic E-state index is 0.258.